The maximum atomic E-state index is 14.6. The lowest BCUT2D eigenvalue weighted by Gasteiger charge is -2.38. The molecule has 1 aliphatic heterocycles. The zero-order valence-electron chi connectivity index (χ0n) is 19.2. The largest absolute Gasteiger partial charge is 0.465 e. The van der Waals surface area contributed by atoms with Crippen LogP contribution >= 0.6 is 37.4 Å². The van der Waals surface area contributed by atoms with Gasteiger partial charge in [0.2, 0.25) is 0 Å². The lowest BCUT2D eigenvalue weighted by atomic mass is 9.93. The molecule has 3 rings (SSSR count). The topological polar surface area (TPSA) is 49.9 Å². The number of likely N-dealkylation sites (tertiary alicyclic amines) is 1. The molecule has 1 aromatic rings. The van der Waals surface area contributed by atoms with Gasteiger partial charge in [-0.1, -0.05) is 31.2 Å². The molecule has 1 saturated carbocycles. The minimum atomic E-state index is -0.556. The molecule has 2 atom stereocenters. The third-order valence-corrected chi connectivity index (χ3v) is 6.62. The molecule has 1 aliphatic carbocycles. The number of carbonyl (C=O) groups excluding carboxylic acids is 2. The Morgan fingerprint density at radius 1 is 1.24 bits per heavy atom. The molecule has 2 fully saturated rings. The van der Waals surface area contributed by atoms with E-state index >= 15 is 0 Å². The van der Waals surface area contributed by atoms with E-state index < -0.39 is 6.04 Å². The molecular weight excluding hydrogens is 486 g/mol. The lowest BCUT2D eigenvalue weighted by Crippen LogP contribution is -2.43. The second kappa shape index (κ2) is 14.3. The van der Waals surface area contributed by atoms with Gasteiger partial charge < -0.3 is 4.74 Å². The van der Waals surface area contributed by atoms with E-state index in [-0.39, 0.29) is 60.1 Å². The molecule has 0 amide bonds. The molecule has 0 spiro atoms. The number of halogens is 3. The third-order valence-electron chi connectivity index (χ3n) is 6.03. The van der Waals surface area contributed by atoms with Crippen LogP contribution in [0.4, 0.5) is 4.39 Å². The van der Waals surface area contributed by atoms with Crippen LogP contribution < -0.4 is 0 Å². The number of thiol groups is 1. The van der Waals surface area contributed by atoms with Crippen LogP contribution in [0.1, 0.15) is 44.7 Å². The van der Waals surface area contributed by atoms with Gasteiger partial charge in [-0.25, -0.2) is 4.39 Å². The molecule has 0 bridgehead atoms. The number of rotatable bonds is 10. The molecular formula is C24H35Cl2FN2O3S. The molecule has 9 heteroatoms. The maximum Gasteiger partial charge on any atom is 0.320 e. The summed E-state index contributed by atoms with van der Waals surface area (Å²) in [7, 11) is 0. The Balaban J connectivity index is 0.00000272. The van der Waals surface area contributed by atoms with Crippen LogP contribution in [0.2, 0.25) is 0 Å². The Labute approximate surface area is 214 Å². The summed E-state index contributed by atoms with van der Waals surface area (Å²) >= 11 is 4.75. The predicted octanol–water partition coefficient (Wildman–Crippen LogP) is 4.51. The summed E-state index contributed by atoms with van der Waals surface area (Å²) in [5, 5.41) is 0.0925. The predicted molar refractivity (Wildman–Crippen MR) is 137 cm³/mol. The van der Waals surface area contributed by atoms with Gasteiger partial charge in [0.25, 0.3) is 0 Å². The van der Waals surface area contributed by atoms with Crippen LogP contribution in [0.25, 0.3) is 0 Å². The third kappa shape index (κ3) is 8.25. The summed E-state index contributed by atoms with van der Waals surface area (Å²) in [6.07, 6.45) is 4.69. The molecule has 2 unspecified atom stereocenters. The van der Waals surface area contributed by atoms with Crippen molar-refractivity contribution in [1.82, 2.24) is 9.80 Å². The van der Waals surface area contributed by atoms with E-state index in [1.807, 2.05) is 11.8 Å². The van der Waals surface area contributed by atoms with Crippen LogP contribution in [0, 0.1) is 11.7 Å². The van der Waals surface area contributed by atoms with Gasteiger partial charge in [-0.2, -0.15) is 12.6 Å². The highest BCUT2D eigenvalue weighted by molar-refractivity contribution is 7.81. The van der Waals surface area contributed by atoms with Gasteiger partial charge in [0.1, 0.15) is 5.82 Å². The zero-order valence-corrected chi connectivity index (χ0v) is 21.8. The number of esters is 1. The molecule has 0 aromatic heterocycles. The maximum absolute atomic E-state index is 14.6. The molecule has 1 aromatic carbocycles. The molecule has 5 nitrogen and oxygen atoms in total. The summed E-state index contributed by atoms with van der Waals surface area (Å²) in [5.74, 6) is -0.387. The smallest absolute Gasteiger partial charge is 0.320 e. The highest BCUT2D eigenvalue weighted by Gasteiger charge is 2.40. The molecule has 0 radical (unpaired) electrons. The number of nitrogens with zero attached hydrogens (tertiary/aromatic N) is 2. The summed E-state index contributed by atoms with van der Waals surface area (Å²) in [4.78, 5) is 29.1. The first-order chi connectivity index (χ1) is 14.9. The normalized spacial score (nSPS) is 20.6. The highest BCUT2D eigenvalue weighted by atomic mass is 35.5. The molecule has 1 saturated heterocycles. The van der Waals surface area contributed by atoms with Crippen LogP contribution in [-0.4, -0.2) is 66.1 Å². The van der Waals surface area contributed by atoms with Gasteiger partial charge in [-0.15, -0.1) is 24.8 Å². The average Bonchev–Trinajstić information content (AvgIpc) is 3.60. The van der Waals surface area contributed by atoms with Gasteiger partial charge in [-0.05, 0) is 44.4 Å². The number of ketones is 1. The standard InChI is InChI=1S/C24H33FN2O3S.2ClH/c1-3-26(16-22(28)30-4-2)13-11-18-15-27(14-12-21(18)31)23(24(29)17-9-10-17)19-7-5-6-8-20(19)25;;/h5-8,11,17,21,23,31H,3-4,9-10,12-16H2,1-2H3;2*1H/b18-11+;;. The van der Waals surface area contributed by atoms with E-state index in [4.69, 9.17) is 17.4 Å². The van der Waals surface area contributed by atoms with Crippen molar-refractivity contribution >= 4 is 49.2 Å². The molecule has 0 N–H and O–H groups in total. The van der Waals surface area contributed by atoms with Gasteiger partial charge in [0, 0.05) is 36.4 Å². The summed E-state index contributed by atoms with van der Waals surface area (Å²) in [5.41, 5.74) is 1.58. The van der Waals surface area contributed by atoms with E-state index in [2.05, 4.69) is 11.0 Å². The van der Waals surface area contributed by atoms with E-state index in [1.54, 1.807) is 25.1 Å². The van der Waals surface area contributed by atoms with Crippen LogP contribution in [0.15, 0.2) is 35.9 Å². The minimum absolute atomic E-state index is 0. The fraction of sp³-hybridized carbons (Fsp3) is 0.583. The number of ether oxygens (including phenoxy) is 1. The number of benzene rings is 1. The summed E-state index contributed by atoms with van der Waals surface area (Å²) in [6.45, 7) is 7.02. The van der Waals surface area contributed by atoms with Crippen LogP contribution in [-0.2, 0) is 14.3 Å². The van der Waals surface area contributed by atoms with E-state index in [1.165, 1.54) is 6.07 Å². The first-order valence-corrected chi connectivity index (χ1v) is 11.7. The van der Waals surface area contributed by atoms with Crippen molar-refractivity contribution in [2.24, 2.45) is 5.92 Å². The quantitative estimate of drug-likeness (QED) is 0.279. The van der Waals surface area contributed by atoms with Crippen molar-refractivity contribution in [3.63, 3.8) is 0 Å². The van der Waals surface area contributed by atoms with E-state index in [0.29, 0.717) is 31.8 Å². The fourth-order valence-corrected chi connectivity index (χ4v) is 4.37. The van der Waals surface area contributed by atoms with Gasteiger partial charge in [-0.3, -0.25) is 19.4 Å². The fourth-order valence-electron chi connectivity index (χ4n) is 4.07. The number of piperidine rings is 1. The minimum Gasteiger partial charge on any atom is -0.465 e. The zero-order chi connectivity index (χ0) is 22.4. The Hall–Kier alpha value is -1.12. The first-order valence-electron chi connectivity index (χ1n) is 11.2. The van der Waals surface area contributed by atoms with Crippen molar-refractivity contribution in [1.29, 1.82) is 0 Å². The van der Waals surface area contributed by atoms with Crippen molar-refractivity contribution in [2.45, 2.75) is 44.4 Å². The molecule has 33 heavy (non-hydrogen) atoms. The average molecular weight is 522 g/mol. The second-order valence-electron chi connectivity index (χ2n) is 8.29. The van der Waals surface area contributed by atoms with Crippen molar-refractivity contribution < 1.29 is 18.7 Å². The molecule has 2 aliphatic rings. The van der Waals surface area contributed by atoms with E-state index in [9.17, 15) is 14.0 Å². The Kier molecular flexibility index (Phi) is 13.0. The van der Waals surface area contributed by atoms with Crippen molar-refractivity contribution in [2.75, 3.05) is 39.3 Å². The first kappa shape index (κ1) is 29.9. The summed E-state index contributed by atoms with van der Waals surface area (Å²) < 4.78 is 19.7. The van der Waals surface area contributed by atoms with E-state index in [0.717, 1.165) is 31.4 Å². The summed E-state index contributed by atoms with van der Waals surface area (Å²) in [6, 6.07) is 6.06. The second-order valence-corrected chi connectivity index (χ2v) is 8.91. The number of carbonyl (C=O) groups is 2. The number of hydrogen-bond donors (Lipinski definition) is 1. The van der Waals surface area contributed by atoms with Crippen LogP contribution in [0.3, 0.4) is 0 Å². The van der Waals surface area contributed by atoms with Gasteiger partial charge in [0.15, 0.2) is 5.78 Å². The van der Waals surface area contributed by atoms with Gasteiger partial charge in [0.05, 0.1) is 19.2 Å². The monoisotopic (exact) mass is 520 g/mol. The van der Waals surface area contributed by atoms with Gasteiger partial charge >= 0.3 is 5.97 Å². The number of likely N-dealkylation sites (N-methyl/N-ethyl adjacent to an activating group) is 1. The van der Waals surface area contributed by atoms with Crippen molar-refractivity contribution in [3.05, 3.63) is 47.3 Å². The molecule has 1 heterocycles. The van der Waals surface area contributed by atoms with Crippen LogP contribution in [0.5, 0.6) is 0 Å². The highest BCUT2D eigenvalue weighted by Crippen LogP contribution is 2.39. The molecule has 186 valence electrons. The SMILES string of the molecule is CCOC(=O)CN(CC)C/C=C1\CN(C(C(=O)C2CC2)c2ccccc2F)CCC1S.Cl.Cl. The number of hydrogen-bond acceptors (Lipinski definition) is 6. The Morgan fingerprint density at radius 3 is 2.55 bits per heavy atom. The Bertz CT molecular complexity index is 823. The number of Topliss-reactive ketones (excluding diaryl/α,β-unsaturated/α-hetero) is 1. The Morgan fingerprint density at radius 2 is 1.94 bits per heavy atom. The lowest BCUT2D eigenvalue weighted by molar-refractivity contribution is -0.144. The van der Waals surface area contributed by atoms with Crippen molar-refractivity contribution in [3.8, 4) is 0 Å².